The lowest BCUT2D eigenvalue weighted by atomic mass is 9.90. The highest BCUT2D eigenvalue weighted by Crippen LogP contribution is 2.32. The van der Waals surface area contributed by atoms with Crippen LogP contribution in [0.1, 0.15) is 39.0 Å². The van der Waals surface area contributed by atoms with Gasteiger partial charge in [-0.2, -0.15) is 0 Å². The van der Waals surface area contributed by atoms with Crippen LogP contribution < -0.4 is 0 Å². The number of rotatable bonds is 5. The minimum atomic E-state index is -0.468. The van der Waals surface area contributed by atoms with Gasteiger partial charge in [-0.15, -0.1) is 11.3 Å². The molecule has 2 aromatic rings. The largest absolute Gasteiger partial charge is 0.451 e. The van der Waals surface area contributed by atoms with Crippen molar-refractivity contribution < 1.29 is 18.7 Å². The molecule has 0 saturated heterocycles. The Morgan fingerprint density at radius 2 is 2.12 bits per heavy atom. The SMILES string of the molecule is C[C@H]1CCc2sc(C(=O)OCC(=O)N(C)Cc3ccccc3F)cc2C1. The first-order valence-electron chi connectivity index (χ1n) is 8.70. The Morgan fingerprint density at radius 3 is 2.88 bits per heavy atom. The highest BCUT2D eigenvalue weighted by Gasteiger charge is 2.22. The molecule has 3 rings (SSSR count). The summed E-state index contributed by atoms with van der Waals surface area (Å²) in [7, 11) is 1.56. The van der Waals surface area contributed by atoms with E-state index in [1.165, 1.54) is 32.7 Å². The molecule has 0 fully saturated rings. The zero-order valence-electron chi connectivity index (χ0n) is 15.0. The summed E-state index contributed by atoms with van der Waals surface area (Å²) >= 11 is 1.46. The average molecular weight is 375 g/mol. The monoisotopic (exact) mass is 375 g/mol. The Bertz CT molecular complexity index is 817. The molecule has 0 unspecified atom stereocenters. The number of esters is 1. The molecular weight excluding hydrogens is 353 g/mol. The number of fused-ring (bicyclic) bond motifs is 1. The van der Waals surface area contributed by atoms with E-state index in [-0.39, 0.29) is 24.9 Å². The molecule has 4 nitrogen and oxygen atoms in total. The van der Waals surface area contributed by atoms with Gasteiger partial charge >= 0.3 is 5.97 Å². The Labute approximate surface area is 156 Å². The molecule has 138 valence electrons. The number of nitrogens with zero attached hydrogens (tertiary/aromatic N) is 1. The van der Waals surface area contributed by atoms with Gasteiger partial charge in [0, 0.05) is 24.0 Å². The number of amides is 1. The zero-order valence-corrected chi connectivity index (χ0v) is 15.8. The third-order valence-corrected chi connectivity index (χ3v) is 5.87. The number of halogens is 1. The van der Waals surface area contributed by atoms with Crippen molar-refractivity contribution in [3.8, 4) is 0 Å². The Balaban J connectivity index is 1.54. The van der Waals surface area contributed by atoms with Crippen molar-refractivity contribution >= 4 is 23.2 Å². The molecule has 0 radical (unpaired) electrons. The topological polar surface area (TPSA) is 46.6 Å². The fourth-order valence-corrected chi connectivity index (χ4v) is 4.19. The molecule has 0 aliphatic heterocycles. The molecule has 26 heavy (non-hydrogen) atoms. The lowest BCUT2D eigenvalue weighted by molar-refractivity contribution is -0.133. The second kappa shape index (κ2) is 7.99. The minimum absolute atomic E-state index is 0.133. The van der Waals surface area contributed by atoms with E-state index in [2.05, 4.69) is 6.92 Å². The van der Waals surface area contributed by atoms with Crippen molar-refractivity contribution in [1.82, 2.24) is 4.90 Å². The smallest absolute Gasteiger partial charge is 0.348 e. The normalized spacial score (nSPS) is 16.0. The van der Waals surface area contributed by atoms with Crippen LogP contribution >= 0.6 is 11.3 Å². The van der Waals surface area contributed by atoms with Gasteiger partial charge in [0.05, 0.1) is 0 Å². The highest BCUT2D eigenvalue weighted by atomic mass is 32.1. The average Bonchev–Trinajstić information content (AvgIpc) is 3.04. The standard InChI is InChI=1S/C20H22FNO3S/c1-13-7-8-17-15(9-13)10-18(26-17)20(24)25-12-19(23)22(2)11-14-5-3-4-6-16(14)21/h3-6,10,13H,7-9,11-12H2,1-2H3/t13-/m0/s1. The summed E-state index contributed by atoms with van der Waals surface area (Å²) in [5, 5.41) is 0. The minimum Gasteiger partial charge on any atom is -0.451 e. The molecular formula is C20H22FNO3S. The molecule has 1 aliphatic rings. The van der Waals surface area contributed by atoms with Crippen LogP contribution in [0.4, 0.5) is 4.39 Å². The number of benzene rings is 1. The molecule has 1 aliphatic carbocycles. The first kappa shape index (κ1) is 18.6. The lowest BCUT2D eigenvalue weighted by Gasteiger charge is -2.17. The van der Waals surface area contributed by atoms with Crippen LogP contribution in [0.3, 0.4) is 0 Å². The van der Waals surface area contributed by atoms with Gasteiger partial charge in [0.1, 0.15) is 10.7 Å². The lowest BCUT2D eigenvalue weighted by Crippen LogP contribution is -2.31. The summed E-state index contributed by atoms with van der Waals surface area (Å²) in [5.74, 6) is -0.557. The van der Waals surface area contributed by atoms with Gasteiger partial charge < -0.3 is 9.64 Å². The van der Waals surface area contributed by atoms with E-state index in [0.717, 1.165) is 19.3 Å². The molecule has 1 atom stereocenters. The molecule has 1 amide bonds. The van der Waals surface area contributed by atoms with Crippen molar-refractivity contribution in [2.45, 2.75) is 32.7 Å². The number of carbonyl (C=O) groups excluding carboxylic acids is 2. The zero-order chi connectivity index (χ0) is 18.7. The van der Waals surface area contributed by atoms with Crippen LogP contribution in [0.2, 0.25) is 0 Å². The third-order valence-electron chi connectivity index (χ3n) is 4.65. The van der Waals surface area contributed by atoms with Crippen molar-refractivity contribution in [2.24, 2.45) is 5.92 Å². The third kappa shape index (κ3) is 4.30. The molecule has 0 bridgehead atoms. The van der Waals surface area contributed by atoms with E-state index in [9.17, 15) is 14.0 Å². The van der Waals surface area contributed by atoms with Gasteiger partial charge in [-0.05, 0) is 42.9 Å². The van der Waals surface area contributed by atoms with Gasteiger partial charge in [0.15, 0.2) is 6.61 Å². The summed E-state index contributed by atoms with van der Waals surface area (Å²) in [4.78, 5) is 27.6. The summed E-state index contributed by atoms with van der Waals surface area (Å²) in [5.41, 5.74) is 1.65. The fraction of sp³-hybridized carbons (Fsp3) is 0.400. The molecule has 1 aromatic heterocycles. The summed E-state index contributed by atoms with van der Waals surface area (Å²) < 4.78 is 18.8. The summed E-state index contributed by atoms with van der Waals surface area (Å²) in [6.07, 6.45) is 3.13. The van der Waals surface area contributed by atoms with Crippen molar-refractivity contribution in [2.75, 3.05) is 13.7 Å². The van der Waals surface area contributed by atoms with Crippen LogP contribution in [0.15, 0.2) is 30.3 Å². The van der Waals surface area contributed by atoms with Crippen molar-refractivity contribution in [3.05, 3.63) is 57.0 Å². The van der Waals surface area contributed by atoms with Crippen LogP contribution in [0.25, 0.3) is 0 Å². The van der Waals surface area contributed by atoms with Crippen molar-refractivity contribution in [3.63, 3.8) is 0 Å². The van der Waals surface area contributed by atoms with E-state index in [1.807, 2.05) is 6.07 Å². The summed E-state index contributed by atoms with van der Waals surface area (Å²) in [6.45, 7) is 2.00. The number of hydrogen-bond acceptors (Lipinski definition) is 4. The van der Waals surface area contributed by atoms with Crippen LogP contribution in [0.5, 0.6) is 0 Å². The van der Waals surface area contributed by atoms with Gasteiger partial charge in [-0.25, -0.2) is 9.18 Å². The first-order chi connectivity index (χ1) is 12.4. The van der Waals surface area contributed by atoms with E-state index >= 15 is 0 Å². The number of ether oxygens (including phenoxy) is 1. The van der Waals surface area contributed by atoms with Gasteiger partial charge in [-0.1, -0.05) is 25.1 Å². The van der Waals surface area contributed by atoms with E-state index in [4.69, 9.17) is 4.74 Å². The number of aryl methyl sites for hydroxylation is 1. The predicted octanol–water partition coefficient (Wildman–Crippen LogP) is 3.83. The quantitative estimate of drug-likeness (QED) is 0.746. The molecule has 0 spiro atoms. The maximum Gasteiger partial charge on any atom is 0.348 e. The first-order valence-corrected chi connectivity index (χ1v) is 9.51. The van der Waals surface area contributed by atoms with E-state index < -0.39 is 5.97 Å². The number of carbonyl (C=O) groups is 2. The van der Waals surface area contributed by atoms with Crippen molar-refractivity contribution in [1.29, 1.82) is 0 Å². The molecule has 1 aromatic carbocycles. The van der Waals surface area contributed by atoms with E-state index in [0.29, 0.717) is 16.4 Å². The van der Waals surface area contributed by atoms with Gasteiger partial charge in [0.25, 0.3) is 5.91 Å². The summed E-state index contributed by atoms with van der Waals surface area (Å²) in [6, 6.07) is 8.20. The Kier molecular flexibility index (Phi) is 5.71. The molecule has 1 heterocycles. The Hall–Kier alpha value is -2.21. The number of hydrogen-bond donors (Lipinski definition) is 0. The number of likely N-dealkylation sites (N-methyl/N-ethyl adjacent to an activating group) is 1. The maximum absolute atomic E-state index is 13.7. The molecule has 0 saturated carbocycles. The van der Waals surface area contributed by atoms with Crippen LogP contribution in [-0.4, -0.2) is 30.4 Å². The second-order valence-electron chi connectivity index (χ2n) is 6.82. The molecule has 6 heteroatoms. The van der Waals surface area contributed by atoms with Crippen LogP contribution in [0, 0.1) is 11.7 Å². The molecule has 0 N–H and O–H groups in total. The number of thiophene rings is 1. The second-order valence-corrected chi connectivity index (χ2v) is 7.96. The van der Waals surface area contributed by atoms with Crippen LogP contribution in [-0.2, 0) is 28.9 Å². The maximum atomic E-state index is 13.7. The Morgan fingerprint density at radius 1 is 1.35 bits per heavy atom. The highest BCUT2D eigenvalue weighted by molar-refractivity contribution is 7.14. The van der Waals surface area contributed by atoms with E-state index in [1.54, 1.807) is 25.2 Å². The predicted molar refractivity (Wildman–Crippen MR) is 98.7 cm³/mol. The van der Waals surface area contributed by atoms with Gasteiger partial charge in [-0.3, -0.25) is 4.79 Å². The fourth-order valence-electron chi connectivity index (χ4n) is 3.09. The van der Waals surface area contributed by atoms with Gasteiger partial charge in [0.2, 0.25) is 0 Å².